The summed E-state index contributed by atoms with van der Waals surface area (Å²) in [7, 11) is 0. The van der Waals surface area contributed by atoms with Crippen LogP contribution in [0.2, 0.25) is 0 Å². The summed E-state index contributed by atoms with van der Waals surface area (Å²) >= 11 is 5.86. The molecule has 1 fully saturated rings. The Balaban J connectivity index is 2.80. The first kappa shape index (κ1) is 14.8. The largest absolute Gasteiger partial charge is 0.367 e. The number of carbonyl (C=O) groups is 1. The van der Waals surface area contributed by atoms with E-state index in [-0.39, 0.29) is 23.0 Å². The zero-order valence-electron chi connectivity index (χ0n) is 11.5. The van der Waals surface area contributed by atoms with Crippen LogP contribution in [0, 0.1) is 5.41 Å². The lowest BCUT2D eigenvalue weighted by atomic mass is 9.87. The van der Waals surface area contributed by atoms with Crippen LogP contribution in [0.1, 0.15) is 41.0 Å². The van der Waals surface area contributed by atoms with Gasteiger partial charge in [0.1, 0.15) is 0 Å². The molecule has 1 unspecified atom stereocenters. The Hall–Kier alpha value is -0.280. The lowest BCUT2D eigenvalue weighted by Gasteiger charge is -2.44. The van der Waals surface area contributed by atoms with Gasteiger partial charge in [-0.3, -0.25) is 4.79 Å². The van der Waals surface area contributed by atoms with E-state index in [0.29, 0.717) is 19.0 Å². The molecule has 1 heterocycles. The number of ether oxygens (including phenoxy) is 1. The molecule has 4 heteroatoms. The first-order chi connectivity index (χ1) is 7.72. The average Bonchev–Trinajstić information content (AvgIpc) is 2.25. The minimum absolute atomic E-state index is 0.0583. The van der Waals surface area contributed by atoms with Gasteiger partial charge in [0, 0.05) is 18.5 Å². The second-order valence-corrected chi connectivity index (χ2v) is 6.39. The van der Waals surface area contributed by atoms with E-state index in [1.165, 1.54) is 0 Å². The monoisotopic (exact) mass is 261 g/mol. The number of carbonyl (C=O) groups excluding carboxylic acids is 1. The van der Waals surface area contributed by atoms with Crippen molar-refractivity contribution in [2.45, 2.75) is 52.7 Å². The highest BCUT2D eigenvalue weighted by Gasteiger charge is 2.39. The zero-order chi connectivity index (χ0) is 13.3. The van der Waals surface area contributed by atoms with Crippen molar-refractivity contribution in [2.75, 3.05) is 19.0 Å². The molecule has 0 bridgehead atoms. The summed E-state index contributed by atoms with van der Waals surface area (Å²) in [6, 6.07) is 0. The van der Waals surface area contributed by atoms with Gasteiger partial charge in [0.15, 0.2) is 0 Å². The van der Waals surface area contributed by atoms with Gasteiger partial charge in [-0.15, -0.1) is 11.6 Å². The van der Waals surface area contributed by atoms with Crippen molar-refractivity contribution in [3.8, 4) is 0 Å². The Kier molecular flexibility index (Phi) is 4.48. The maximum atomic E-state index is 12.4. The molecule has 1 atom stereocenters. The molecule has 0 saturated carbocycles. The predicted molar refractivity (Wildman–Crippen MR) is 70.3 cm³/mol. The van der Waals surface area contributed by atoms with Crippen molar-refractivity contribution < 1.29 is 9.53 Å². The van der Waals surface area contributed by atoms with Crippen LogP contribution >= 0.6 is 11.6 Å². The van der Waals surface area contributed by atoms with Crippen LogP contribution in [0.3, 0.4) is 0 Å². The van der Waals surface area contributed by atoms with Crippen molar-refractivity contribution in [3.63, 3.8) is 0 Å². The number of hydrogen-bond acceptors (Lipinski definition) is 2. The summed E-state index contributed by atoms with van der Waals surface area (Å²) < 4.78 is 5.82. The standard InChI is InChI=1S/C13H24ClNO2/c1-6-12(2,3)11(16)15-8-10(7-14)17-13(4,5)9-15/h10H,6-9H2,1-5H3. The molecule has 1 saturated heterocycles. The third-order valence-electron chi connectivity index (χ3n) is 3.40. The number of amides is 1. The van der Waals surface area contributed by atoms with Gasteiger partial charge in [-0.2, -0.15) is 0 Å². The van der Waals surface area contributed by atoms with Gasteiger partial charge >= 0.3 is 0 Å². The van der Waals surface area contributed by atoms with Gasteiger partial charge in [-0.1, -0.05) is 20.8 Å². The summed E-state index contributed by atoms with van der Waals surface area (Å²) in [4.78, 5) is 14.3. The number of alkyl halides is 1. The first-order valence-corrected chi connectivity index (χ1v) is 6.78. The Bertz CT molecular complexity index is 289. The second kappa shape index (κ2) is 5.15. The predicted octanol–water partition coefficient (Wildman–Crippen LogP) is 2.67. The van der Waals surface area contributed by atoms with Crippen molar-refractivity contribution in [1.82, 2.24) is 4.90 Å². The van der Waals surface area contributed by atoms with E-state index in [0.717, 1.165) is 6.42 Å². The van der Waals surface area contributed by atoms with Crippen molar-refractivity contribution in [3.05, 3.63) is 0 Å². The molecular formula is C13H24ClNO2. The lowest BCUT2D eigenvalue weighted by molar-refractivity contribution is -0.165. The van der Waals surface area contributed by atoms with E-state index in [9.17, 15) is 4.79 Å². The van der Waals surface area contributed by atoms with E-state index in [2.05, 4.69) is 0 Å². The number of nitrogens with zero attached hydrogens (tertiary/aromatic N) is 1. The molecule has 3 nitrogen and oxygen atoms in total. The highest BCUT2D eigenvalue weighted by atomic mass is 35.5. The fraction of sp³-hybridized carbons (Fsp3) is 0.923. The molecule has 0 N–H and O–H groups in total. The van der Waals surface area contributed by atoms with Crippen LogP contribution in [0.25, 0.3) is 0 Å². The van der Waals surface area contributed by atoms with Gasteiger partial charge in [0.2, 0.25) is 5.91 Å². The molecule has 0 radical (unpaired) electrons. The van der Waals surface area contributed by atoms with Gasteiger partial charge in [0.05, 0.1) is 17.6 Å². The Morgan fingerprint density at radius 2 is 2.12 bits per heavy atom. The molecule has 0 aromatic carbocycles. The molecule has 0 aromatic rings. The van der Waals surface area contributed by atoms with Gasteiger partial charge in [-0.05, 0) is 20.3 Å². The first-order valence-electron chi connectivity index (χ1n) is 6.25. The summed E-state index contributed by atoms with van der Waals surface area (Å²) in [5.74, 6) is 0.631. The topological polar surface area (TPSA) is 29.5 Å². The van der Waals surface area contributed by atoms with Crippen LogP contribution in [0.15, 0.2) is 0 Å². The molecule has 0 aliphatic carbocycles. The van der Waals surface area contributed by atoms with Crippen LogP contribution in [0.4, 0.5) is 0 Å². The molecule has 100 valence electrons. The SMILES string of the molecule is CCC(C)(C)C(=O)N1CC(CCl)OC(C)(C)C1. The smallest absolute Gasteiger partial charge is 0.228 e. The minimum Gasteiger partial charge on any atom is -0.367 e. The molecule has 0 aromatic heterocycles. The van der Waals surface area contributed by atoms with Gasteiger partial charge in [-0.25, -0.2) is 0 Å². The van der Waals surface area contributed by atoms with E-state index < -0.39 is 0 Å². The third-order valence-corrected chi connectivity index (χ3v) is 3.75. The Morgan fingerprint density at radius 1 is 1.53 bits per heavy atom. The molecule has 0 spiro atoms. The molecule has 1 aliphatic rings. The zero-order valence-corrected chi connectivity index (χ0v) is 12.3. The fourth-order valence-corrected chi connectivity index (χ4v) is 2.27. The number of halogens is 1. The molecule has 1 aliphatic heterocycles. The highest BCUT2D eigenvalue weighted by Crippen LogP contribution is 2.28. The molecule has 17 heavy (non-hydrogen) atoms. The normalized spacial score (nSPS) is 24.8. The number of rotatable bonds is 3. The van der Waals surface area contributed by atoms with E-state index in [4.69, 9.17) is 16.3 Å². The minimum atomic E-state index is -0.308. The third kappa shape index (κ3) is 3.59. The average molecular weight is 262 g/mol. The fourth-order valence-electron chi connectivity index (χ4n) is 2.11. The second-order valence-electron chi connectivity index (χ2n) is 6.08. The van der Waals surface area contributed by atoms with E-state index in [1.807, 2.05) is 39.5 Å². The summed E-state index contributed by atoms with van der Waals surface area (Å²) in [6.45, 7) is 11.3. The van der Waals surface area contributed by atoms with Crippen molar-refractivity contribution in [2.24, 2.45) is 5.41 Å². The van der Waals surface area contributed by atoms with Gasteiger partial charge < -0.3 is 9.64 Å². The van der Waals surface area contributed by atoms with E-state index >= 15 is 0 Å². The molecule has 1 amide bonds. The molecule has 1 rings (SSSR count). The maximum Gasteiger partial charge on any atom is 0.228 e. The van der Waals surface area contributed by atoms with Gasteiger partial charge in [0.25, 0.3) is 0 Å². The van der Waals surface area contributed by atoms with Crippen LogP contribution in [0.5, 0.6) is 0 Å². The lowest BCUT2D eigenvalue weighted by Crippen LogP contribution is -2.57. The number of hydrogen-bond donors (Lipinski definition) is 0. The quantitative estimate of drug-likeness (QED) is 0.731. The summed E-state index contributed by atoms with van der Waals surface area (Å²) in [6.07, 6.45) is 0.784. The molecular weight excluding hydrogens is 238 g/mol. The summed E-state index contributed by atoms with van der Waals surface area (Å²) in [5.41, 5.74) is -0.610. The maximum absolute atomic E-state index is 12.4. The van der Waals surface area contributed by atoms with Crippen LogP contribution in [-0.2, 0) is 9.53 Å². The van der Waals surface area contributed by atoms with Crippen LogP contribution < -0.4 is 0 Å². The van der Waals surface area contributed by atoms with E-state index in [1.54, 1.807) is 0 Å². The number of morpholine rings is 1. The highest BCUT2D eigenvalue weighted by molar-refractivity contribution is 6.18. The van der Waals surface area contributed by atoms with Crippen molar-refractivity contribution in [1.29, 1.82) is 0 Å². The van der Waals surface area contributed by atoms with Crippen LogP contribution in [-0.4, -0.2) is 41.5 Å². The summed E-state index contributed by atoms with van der Waals surface area (Å²) in [5, 5.41) is 0. The Labute approximate surface area is 109 Å². The van der Waals surface area contributed by atoms with Crippen molar-refractivity contribution >= 4 is 17.5 Å². The Morgan fingerprint density at radius 3 is 2.59 bits per heavy atom.